The molecule has 0 aliphatic carbocycles. The lowest BCUT2D eigenvalue weighted by Gasteiger charge is -2.15. The monoisotopic (exact) mass is 487 g/mol. The molecule has 4 aromatic rings. The molecule has 0 saturated carbocycles. The average Bonchev–Trinajstić information content (AvgIpc) is 2.74. The van der Waals surface area contributed by atoms with Gasteiger partial charge in [0.15, 0.2) is 6.10 Å². The fourth-order valence-corrected chi connectivity index (χ4v) is 3.54. The number of aromatic nitrogens is 2. The summed E-state index contributed by atoms with van der Waals surface area (Å²) in [5.74, 6) is 1.06. The predicted octanol–water partition coefficient (Wildman–Crippen LogP) is 6.79. The molecule has 1 heterocycles. The van der Waals surface area contributed by atoms with Gasteiger partial charge in [-0.2, -0.15) is 0 Å². The number of carbonyl (C=O) groups is 1. The summed E-state index contributed by atoms with van der Waals surface area (Å²) in [6.07, 6.45) is 0.773. The number of hydrogen-bond donors (Lipinski definition) is 1. The third kappa shape index (κ3) is 5.59. The molecule has 3 aromatic carbocycles. The summed E-state index contributed by atoms with van der Waals surface area (Å²) in [4.78, 5) is 21.1. The van der Waals surface area contributed by atoms with E-state index >= 15 is 0 Å². The maximum atomic E-state index is 12.4. The van der Waals surface area contributed by atoms with Gasteiger partial charge in [0.25, 0.3) is 5.91 Å². The molecule has 0 saturated heterocycles. The summed E-state index contributed by atoms with van der Waals surface area (Å²) in [7, 11) is 0. The molecule has 1 N–H and O–H groups in total. The summed E-state index contributed by atoms with van der Waals surface area (Å²) >= 11 is 17.9. The molecule has 0 bridgehead atoms. The van der Waals surface area contributed by atoms with Crippen LogP contribution < -0.4 is 14.8 Å². The third-order valence-corrected chi connectivity index (χ3v) is 5.01. The highest BCUT2D eigenvalue weighted by atomic mass is 35.5. The molecule has 6 nitrogen and oxygen atoms in total. The van der Waals surface area contributed by atoms with Crippen molar-refractivity contribution in [3.8, 4) is 17.4 Å². The van der Waals surface area contributed by atoms with Gasteiger partial charge in [0.2, 0.25) is 5.88 Å². The van der Waals surface area contributed by atoms with E-state index in [2.05, 4.69) is 15.3 Å². The largest absolute Gasteiger partial charge is 0.481 e. The minimum absolute atomic E-state index is 0.338. The first-order valence-corrected chi connectivity index (χ1v) is 10.6. The Morgan fingerprint density at radius 3 is 2.28 bits per heavy atom. The van der Waals surface area contributed by atoms with Gasteiger partial charge in [-0.15, -0.1) is 0 Å². The SMILES string of the molecule is C[C@@H](Oc1ccc(Oc2cnc3cc(Cl)ccc3n2)cc1)C(=O)Nc1cc(Cl)cc(Cl)c1. The van der Waals surface area contributed by atoms with Crippen LogP contribution in [0.4, 0.5) is 5.69 Å². The van der Waals surface area contributed by atoms with E-state index in [0.29, 0.717) is 49.2 Å². The van der Waals surface area contributed by atoms with E-state index in [1.54, 1.807) is 67.6 Å². The van der Waals surface area contributed by atoms with Crippen LogP contribution in [0.5, 0.6) is 17.4 Å². The number of fused-ring (bicyclic) bond motifs is 1. The highest BCUT2D eigenvalue weighted by molar-refractivity contribution is 6.35. The Hall–Kier alpha value is -3.06. The van der Waals surface area contributed by atoms with Crippen molar-refractivity contribution >= 4 is 57.4 Å². The molecule has 1 atom stereocenters. The molecule has 0 unspecified atom stereocenters. The van der Waals surface area contributed by atoms with Gasteiger partial charge in [0, 0.05) is 20.8 Å². The summed E-state index contributed by atoms with van der Waals surface area (Å²) in [6.45, 7) is 1.64. The Morgan fingerprint density at radius 1 is 0.875 bits per heavy atom. The van der Waals surface area contributed by atoms with E-state index in [1.165, 1.54) is 6.20 Å². The van der Waals surface area contributed by atoms with Gasteiger partial charge in [-0.25, -0.2) is 9.97 Å². The van der Waals surface area contributed by atoms with Crippen molar-refractivity contribution in [1.29, 1.82) is 0 Å². The number of carbonyl (C=O) groups excluding carboxylic acids is 1. The van der Waals surface area contributed by atoms with Crippen molar-refractivity contribution in [2.24, 2.45) is 0 Å². The Kier molecular flexibility index (Phi) is 6.65. The van der Waals surface area contributed by atoms with Gasteiger partial charge in [-0.05, 0) is 67.6 Å². The second kappa shape index (κ2) is 9.61. The summed E-state index contributed by atoms with van der Waals surface area (Å²) in [5.41, 5.74) is 1.85. The highest BCUT2D eigenvalue weighted by Crippen LogP contribution is 2.26. The number of anilines is 1. The van der Waals surface area contributed by atoms with Crippen LogP contribution in [0.1, 0.15) is 6.92 Å². The Balaban J connectivity index is 1.37. The number of amides is 1. The number of ether oxygens (including phenoxy) is 2. The first kappa shape index (κ1) is 22.1. The van der Waals surface area contributed by atoms with Crippen LogP contribution in [0, 0.1) is 0 Å². The molecule has 32 heavy (non-hydrogen) atoms. The quantitative estimate of drug-likeness (QED) is 0.323. The van der Waals surface area contributed by atoms with Crippen molar-refractivity contribution in [2.75, 3.05) is 5.32 Å². The fraction of sp³-hybridized carbons (Fsp3) is 0.0870. The molecular weight excluding hydrogens is 473 g/mol. The average molecular weight is 489 g/mol. The smallest absolute Gasteiger partial charge is 0.265 e. The fourth-order valence-electron chi connectivity index (χ4n) is 2.85. The zero-order valence-electron chi connectivity index (χ0n) is 16.7. The summed E-state index contributed by atoms with van der Waals surface area (Å²) in [6, 6.07) is 16.9. The first-order chi connectivity index (χ1) is 15.4. The molecular formula is C23H16Cl3N3O3. The molecule has 1 amide bonds. The van der Waals surface area contributed by atoms with Crippen LogP contribution in [0.3, 0.4) is 0 Å². The second-order valence-electron chi connectivity index (χ2n) is 6.82. The lowest BCUT2D eigenvalue weighted by molar-refractivity contribution is -0.122. The van der Waals surface area contributed by atoms with Crippen molar-refractivity contribution in [2.45, 2.75) is 13.0 Å². The number of nitrogens with zero attached hydrogens (tertiary/aromatic N) is 2. The van der Waals surface area contributed by atoms with Gasteiger partial charge in [0.1, 0.15) is 11.5 Å². The molecule has 1 aromatic heterocycles. The van der Waals surface area contributed by atoms with Crippen molar-refractivity contribution in [1.82, 2.24) is 9.97 Å². The van der Waals surface area contributed by atoms with Crippen LogP contribution in [-0.4, -0.2) is 22.0 Å². The maximum absolute atomic E-state index is 12.4. The van der Waals surface area contributed by atoms with Crippen molar-refractivity contribution < 1.29 is 14.3 Å². The molecule has 0 aliphatic rings. The van der Waals surface area contributed by atoms with Crippen molar-refractivity contribution in [3.63, 3.8) is 0 Å². The first-order valence-electron chi connectivity index (χ1n) is 9.49. The van der Waals surface area contributed by atoms with Gasteiger partial charge >= 0.3 is 0 Å². The Morgan fingerprint density at radius 2 is 1.56 bits per heavy atom. The van der Waals surface area contributed by atoms with E-state index in [0.717, 1.165) is 0 Å². The third-order valence-electron chi connectivity index (χ3n) is 4.34. The number of nitrogens with one attached hydrogen (secondary N) is 1. The lowest BCUT2D eigenvalue weighted by Crippen LogP contribution is -2.30. The molecule has 0 radical (unpaired) electrons. The molecule has 0 fully saturated rings. The van der Waals surface area contributed by atoms with Crippen LogP contribution in [0.2, 0.25) is 15.1 Å². The maximum Gasteiger partial charge on any atom is 0.265 e. The Bertz CT molecular complexity index is 1260. The van der Waals surface area contributed by atoms with Gasteiger partial charge < -0.3 is 14.8 Å². The minimum atomic E-state index is -0.752. The molecule has 0 spiro atoms. The highest BCUT2D eigenvalue weighted by Gasteiger charge is 2.15. The minimum Gasteiger partial charge on any atom is -0.481 e. The van der Waals surface area contributed by atoms with Gasteiger partial charge in [0.05, 0.1) is 17.2 Å². The summed E-state index contributed by atoms with van der Waals surface area (Å²) in [5, 5.41) is 4.17. The molecule has 9 heteroatoms. The van der Waals surface area contributed by atoms with Crippen molar-refractivity contribution in [3.05, 3.63) is 81.9 Å². The van der Waals surface area contributed by atoms with Crippen LogP contribution in [-0.2, 0) is 4.79 Å². The number of benzene rings is 3. The topological polar surface area (TPSA) is 73.3 Å². The molecule has 4 rings (SSSR count). The molecule has 162 valence electrons. The van der Waals surface area contributed by atoms with E-state index in [9.17, 15) is 4.79 Å². The van der Waals surface area contributed by atoms with Gasteiger partial charge in [-0.3, -0.25) is 4.79 Å². The van der Waals surface area contributed by atoms with E-state index in [4.69, 9.17) is 44.3 Å². The normalized spacial score (nSPS) is 11.8. The lowest BCUT2D eigenvalue weighted by atomic mass is 10.3. The van der Waals surface area contributed by atoms with Crippen LogP contribution in [0.15, 0.2) is 66.9 Å². The zero-order chi connectivity index (χ0) is 22.7. The number of hydrogen-bond acceptors (Lipinski definition) is 5. The summed E-state index contributed by atoms with van der Waals surface area (Å²) < 4.78 is 11.5. The zero-order valence-corrected chi connectivity index (χ0v) is 18.9. The number of rotatable bonds is 6. The number of halogens is 3. The van der Waals surface area contributed by atoms with Crippen LogP contribution >= 0.6 is 34.8 Å². The van der Waals surface area contributed by atoms with E-state index in [-0.39, 0.29) is 5.91 Å². The molecule has 0 aliphatic heterocycles. The van der Waals surface area contributed by atoms with E-state index in [1.807, 2.05) is 0 Å². The Labute approximate surface area is 199 Å². The predicted molar refractivity (Wildman–Crippen MR) is 126 cm³/mol. The van der Waals surface area contributed by atoms with Crippen LogP contribution in [0.25, 0.3) is 11.0 Å². The van der Waals surface area contributed by atoms with E-state index < -0.39 is 6.10 Å². The van der Waals surface area contributed by atoms with Gasteiger partial charge in [-0.1, -0.05) is 34.8 Å². The second-order valence-corrected chi connectivity index (χ2v) is 8.13. The standard InChI is InChI=1S/C23H16Cl3N3O3/c1-13(23(30)28-17-9-15(25)8-16(26)10-17)31-18-3-5-19(6-4-18)32-22-12-27-21-11-14(24)2-7-20(21)29-22/h2-13H,1H3,(H,28,30)/t13-/m1/s1.